The van der Waals surface area contributed by atoms with Crippen molar-refractivity contribution >= 4 is 28.8 Å². The molecule has 0 spiro atoms. The Labute approximate surface area is 141 Å². The van der Waals surface area contributed by atoms with Crippen LogP contribution < -0.4 is 9.47 Å². The average molecular weight is 337 g/mol. The summed E-state index contributed by atoms with van der Waals surface area (Å²) in [4.78, 5) is 0. The molecule has 0 aliphatic carbocycles. The van der Waals surface area contributed by atoms with E-state index in [0.717, 1.165) is 28.2 Å². The molecule has 0 aliphatic rings. The lowest BCUT2D eigenvalue weighted by molar-refractivity contribution is 0.340. The topological polar surface area (TPSA) is 18.5 Å². The molecule has 0 radical (unpaired) electrons. The van der Waals surface area contributed by atoms with Gasteiger partial charge in [-0.1, -0.05) is 47.5 Å². The Kier molecular flexibility index (Phi) is 6.17. The van der Waals surface area contributed by atoms with Gasteiger partial charge < -0.3 is 9.47 Å². The highest BCUT2D eigenvalue weighted by atomic mass is 35.5. The van der Waals surface area contributed by atoms with Gasteiger partial charge in [0.15, 0.2) is 0 Å². The van der Waals surface area contributed by atoms with E-state index in [-0.39, 0.29) is 4.49 Å². The van der Waals surface area contributed by atoms with E-state index >= 15 is 0 Å². The van der Waals surface area contributed by atoms with Crippen molar-refractivity contribution in [3.8, 4) is 11.5 Å². The van der Waals surface area contributed by atoms with Crippen LogP contribution in [0.1, 0.15) is 25.0 Å². The predicted octanol–water partition coefficient (Wildman–Crippen LogP) is 5.68. The molecule has 4 heteroatoms. The quantitative estimate of drug-likeness (QED) is 0.675. The maximum atomic E-state index is 6.10. The molecule has 2 nitrogen and oxygen atoms in total. The number of hydrogen-bond acceptors (Lipinski definition) is 2. The van der Waals surface area contributed by atoms with Gasteiger partial charge in [-0.2, -0.15) is 0 Å². The molecule has 0 fully saturated rings. The predicted molar refractivity (Wildman–Crippen MR) is 93.0 cm³/mol. The van der Waals surface area contributed by atoms with Crippen LogP contribution in [0.4, 0.5) is 0 Å². The van der Waals surface area contributed by atoms with E-state index in [1.165, 1.54) is 0 Å². The van der Waals surface area contributed by atoms with Crippen molar-refractivity contribution in [3.05, 3.63) is 64.1 Å². The molecule has 116 valence electrons. The van der Waals surface area contributed by atoms with Gasteiger partial charge in [0.1, 0.15) is 16.0 Å². The fourth-order valence-electron chi connectivity index (χ4n) is 2.15. The Morgan fingerprint density at radius 1 is 0.727 bits per heavy atom. The van der Waals surface area contributed by atoms with Crippen LogP contribution in [-0.2, 0) is 0 Å². The van der Waals surface area contributed by atoms with E-state index in [4.69, 9.17) is 32.7 Å². The molecule has 0 saturated carbocycles. The van der Waals surface area contributed by atoms with Crippen molar-refractivity contribution in [2.75, 3.05) is 13.2 Å². The van der Waals surface area contributed by atoms with E-state index in [1.54, 1.807) is 0 Å². The molecular weight excluding hydrogens is 319 g/mol. The normalized spacial score (nSPS) is 10.2. The molecule has 22 heavy (non-hydrogen) atoms. The molecule has 0 heterocycles. The summed E-state index contributed by atoms with van der Waals surface area (Å²) in [6, 6.07) is 15.4. The van der Waals surface area contributed by atoms with Crippen LogP contribution >= 0.6 is 23.2 Å². The minimum Gasteiger partial charge on any atom is -0.494 e. The third-order valence-electron chi connectivity index (χ3n) is 3.10. The van der Waals surface area contributed by atoms with Crippen LogP contribution in [0.5, 0.6) is 11.5 Å². The molecule has 0 saturated heterocycles. The molecule has 0 bridgehead atoms. The van der Waals surface area contributed by atoms with Crippen LogP contribution in [0.2, 0.25) is 0 Å². The third kappa shape index (κ3) is 4.19. The molecule has 0 aliphatic heterocycles. The van der Waals surface area contributed by atoms with Gasteiger partial charge in [0.2, 0.25) is 0 Å². The lowest BCUT2D eigenvalue weighted by atomic mass is 9.99. The highest BCUT2D eigenvalue weighted by Gasteiger charge is 2.10. The molecule has 0 N–H and O–H groups in total. The maximum absolute atomic E-state index is 6.10. The first-order valence-corrected chi connectivity index (χ1v) is 7.93. The summed E-state index contributed by atoms with van der Waals surface area (Å²) in [7, 11) is 0. The highest BCUT2D eigenvalue weighted by Crippen LogP contribution is 2.32. The van der Waals surface area contributed by atoms with Crippen molar-refractivity contribution < 1.29 is 9.47 Å². The SMILES string of the molecule is CCOc1ccc(C(=C(Cl)Cl)c2ccc(OCC)cc2)cc1. The zero-order valence-corrected chi connectivity index (χ0v) is 14.1. The summed E-state index contributed by atoms with van der Waals surface area (Å²) < 4.78 is 11.1. The smallest absolute Gasteiger partial charge is 0.119 e. The second-order valence-corrected chi connectivity index (χ2v) is 5.50. The number of hydrogen-bond donors (Lipinski definition) is 0. The van der Waals surface area contributed by atoms with Crippen LogP contribution in [0.3, 0.4) is 0 Å². The van der Waals surface area contributed by atoms with Crippen LogP contribution in [-0.4, -0.2) is 13.2 Å². The van der Waals surface area contributed by atoms with E-state index < -0.39 is 0 Å². The summed E-state index contributed by atoms with van der Waals surface area (Å²) in [5.74, 6) is 1.64. The van der Waals surface area contributed by atoms with Crippen LogP contribution in [0, 0.1) is 0 Å². The zero-order chi connectivity index (χ0) is 15.9. The van der Waals surface area contributed by atoms with Gasteiger partial charge >= 0.3 is 0 Å². The van der Waals surface area contributed by atoms with Gasteiger partial charge in [0, 0.05) is 5.57 Å². The van der Waals surface area contributed by atoms with E-state index in [1.807, 2.05) is 62.4 Å². The van der Waals surface area contributed by atoms with E-state index in [0.29, 0.717) is 13.2 Å². The second kappa shape index (κ2) is 8.11. The Morgan fingerprint density at radius 3 is 1.36 bits per heavy atom. The first-order chi connectivity index (χ1) is 10.7. The average Bonchev–Trinajstić information content (AvgIpc) is 2.51. The Balaban J connectivity index is 2.32. The van der Waals surface area contributed by atoms with Crippen molar-refractivity contribution in [2.45, 2.75) is 13.8 Å². The van der Waals surface area contributed by atoms with Crippen molar-refractivity contribution in [1.82, 2.24) is 0 Å². The second-order valence-electron chi connectivity index (χ2n) is 4.55. The van der Waals surface area contributed by atoms with Crippen molar-refractivity contribution in [2.24, 2.45) is 0 Å². The number of benzene rings is 2. The summed E-state index contributed by atoms with van der Waals surface area (Å²) >= 11 is 12.2. The Bertz CT molecular complexity index is 576. The van der Waals surface area contributed by atoms with E-state index in [9.17, 15) is 0 Å². The molecule has 2 rings (SSSR count). The van der Waals surface area contributed by atoms with Gasteiger partial charge in [-0.3, -0.25) is 0 Å². The first-order valence-electron chi connectivity index (χ1n) is 7.17. The van der Waals surface area contributed by atoms with Gasteiger partial charge in [-0.15, -0.1) is 0 Å². The minimum atomic E-state index is 0.230. The fourth-order valence-corrected chi connectivity index (χ4v) is 2.59. The van der Waals surface area contributed by atoms with E-state index in [2.05, 4.69) is 0 Å². The van der Waals surface area contributed by atoms with Crippen LogP contribution in [0.15, 0.2) is 53.0 Å². The molecule has 0 unspecified atom stereocenters. The molecular formula is C18H18Cl2O2. The summed E-state index contributed by atoms with van der Waals surface area (Å²) in [6.07, 6.45) is 0. The van der Waals surface area contributed by atoms with Gasteiger partial charge in [-0.05, 0) is 49.2 Å². The third-order valence-corrected chi connectivity index (χ3v) is 3.47. The van der Waals surface area contributed by atoms with Gasteiger partial charge in [0.25, 0.3) is 0 Å². The number of halogens is 2. The Hall–Kier alpha value is -1.64. The monoisotopic (exact) mass is 336 g/mol. The van der Waals surface area contributed by atoms with Crippen LogP contribution in [0.25, 0.3) is 5.57 Å². The highest BCUT2D eigenvalue weighted by molar-refractivity contribution is 6.59. The lowest BCUT2D eigenvalue weighted by Gasteiger charge is -2.11. The molecule has 0 aromatic heterocycles. The fraction of sp³-hybridized carbons (Fsp3) is 0.222. The van der Waals surface area contributed by atoms with Crippen molar-refractivity contribution in [3.63, 3.8) is 0 Å². The van der Waals surface area contributed by atoms with Gasteiger partial charge in [0.05, 0.1) is 13.2 Å². The first kappa shape index (κ1) is 16.7. The van der Waals surface area contributed by atoms with Gasteiger partial charge in [-0.25, -0.2) is 0 Å². The molecule has 2 aromatic rings. The molecule has 2 aromatic carbocycles. The number of rotatable bonds is 6. The summed E-state index contributed by atoms with van der Waals surface area (Å²) in [6.45, 7) is 5.18. The molecule has 0 atom stereocenters. The summed E-state index contributed by atoms with van der Waals surface area (Å²) in [5, 5.41) is 0. The largest absolute Gasteiger partial charge is 0.494 e. The Morgan fingerprint density at radius 2 is 1.09 bits per heavy atom. The standard InChI is InChI=1S/C18H18Cl2O2/c1-3-21-15-9-5-13(6-10-15)17(18(19)20)14-7-11-16(12-8-14)22-4-2/h5-12H,3-4H2,1-2H3. The summed E-state index contributed by atoms with van der Waals surface area (Å²) in [5.41, 5.74) is 2.66. The zero-order valence-electron chi connectivity index (χ0n) is 12.6. The van der Waals surface area contributed by atoms with Crippen molar-refractivity contribution in [1.29, 1.82) is 0 Å². The lowest BCUT2D eigenvalue weighted by Crippen LogP contribution is -1.94. The maximum Gasteiger partial charge on any atom is 0.119 e. The number of ether oxygens (including phenoxy) is 2. The minimum absolute atomic E-state index is 0.230. The molecule has 0 amide bonds.